The number of thiophene rings is 1. The van der Waals surface area contributed by atoms with E-state index in [0.717, 1.165) is 44.8 Å². The van der Waals surface area contributed by atoms with Crippen LogP contribution in [0.1, 0.15) is 0 Å². The van der Waals surface area contributed by atoms with Crippen LogP contribution in [0.5, 0.6) is 0 Å². The molecule has 0 unspecified atom stereocenters. The molecule has 0 saturated heterocycles. The van der Waals surface area contributed by atoms with Crippen LogP contribution >= 0.6 is 11.3 Å². The summed E-state index contributed by atoms with van der Waals surface area (Å²) < 4.78 is 6.96. The van der Waals surface area contributed by atoms with Crippen molar-refractivity contribution in [3.05, 3.63) is 134 Å². The van der Waals surface area contributed by atoms with E-state index in [2.05, 4.69) is 124 Å². The second-order valence-corrected chi connectivity index (χ2v) is 11.4. The Morgan fingerprint density at radius 2 is 1.37 bits per heavy atom. The summed E-state index contributed by atoms with van der Waals surface area (Å²) in [7, 11) is 0. The standard InChI is InChI=1S/C36H22N4S/c1-2-10-25(11-3-1)40-29-14-6-5-13-28(29)37-36(40)24-19-17-23(18-20-24)27-22-30-34(38-32-16-8-9-21-39(30)32)35-33(27)26-12-4-7-15-31(26)41-35/h1-22H. The highest BCUT2D eigenvalue weighted by atomic mass is 32.1. The van der Waals surface area contributed by atoms with Gasteiger partial charge in [0.25, 0.3) is 0 Å². The first kappa shape index (κ1) is 22.5. The number of hydrogen-bond acceptors (Lipinski definition) is 3. The van der Waals surface area contributed by atoms with Gasteiger partial charge < -0.3 is 0 Å². The van der Waals surface area contributed by atoms with Crippen LogP contribution in [0, 0.1) is 0 Å². The van der Waals surface area contributed by atoms with Gasteiger partial charge in [-0.05, 0) is 59.7 Å². The number of rotatable bonds is 3. The summed E-state index contributed by atoms with van der Waals surface area (Å²) in [5.41, 5.74) is 9.82. The Bertz CT molecular complexity index is 2410. The fraction of sp³-hybridized carbons (Fsp3) is 0. The fourth-order valence-electron chi connectivity index (χ4n) is 6.09. The topological polar surface area (TPSA) is 35.1 Å². The molecule has 0 aliphatic heterocycles. The second-order valence-electron chi connectivity index (χ2n) is 10.3. The molecule has 9 aromatic rings. The molecule has 4 aromatic heterocycles. The van der Waals surface area contributed by atoms with E-state index in [1.807, 2.05) is 29.5 Å². The predicted octanol–water partition coefficient (Wildman–Crippen LogP) is 9.53. The lowest BCUT2D eigenvalue weighted by Crippen LogP contribution is -1.97. The van der Waals surface area contributed by atoms with Crippen LogP contribution in [0.4, 0.5) is 0 Å². The first-order chi connectivity index (χ1) is 20.3. The van der Waals surface area contributed by atoms with Crippen molar-refractivity contribution in [3.8, 4) is 28.2 Å². The van der Waals surface area contributed by atoms with Crippen LogP contribution < -0.4 is 0 Å². The SMILES string of the molecule is c1ccc(-n2c(-c3ccc(-c4cc5c(nc6ccccn65)c5sc6ccccc6c45)cc3)nc3ccccc32)cc1. The summed E-state index contributed by atoms with van der Waals surface area (Å²) in [5, 5.41) is 2.54. The fourth-order valence-corrected chi connectivity index (χ4v) is 7.31. The van der Waals surface area contributed by atoms with Crippen LogP contribution in [0.2, 0.25) is 0 Å². The number of nitrogens with zero attached hydrogens (tertiary/aromatic N) is 4. The minimum Gasteiger partial charge on any atom is -0.300 e. The quantitative estimate of drug-likeness (QED) is 0.223. The third-order valence-corrected chi connectivity index (χ3v) is 9.13. The highest BCUT2D eigenvalue weighted by Gasteiger charge is 2.19. The minimum atomic E-state index is 0.937. The molecule has 5 heteroatoms. The number of benzene rings is 5. The number of para-hydroxylation sites is 3. The zero-order valence-corrected chi connectivity index (χ0v) is 22.7. The molecule has 0 amide bonds. The van der Waals surface area contributed by atoms with E-state index < -0.39 is 0 Å². The molecular weight excluding hydrogens is 520 g/mol. The van der Waals surface area contributed by atoms with E-state index in [1.165, 1.54) is 31.3 Å². The van der Waals surface area contributed by atoms with Gasteiger partial charge in [0.15, 0.2) is 0 Å². The number of imidazole rings is 2. The Morgan fingerprint density at radius 1 is 0.610 bits per heavy atom. The Labute approximate surface area is 239 Å². The summed E-state index contributed by atoms with van der Waals surface area (Å²) in [5.74, 6) is 0.937. The molecule has 4 nitrogen and oxygen atoms in total. The average molecular weight is 543 g/mol. The molecule has 9 rings (SSSR count). The van der Waals surface area contributed by atoms with Crippen molar-refractivity contribution in [2.24, 2.45) is 0 Å². The van der Waals surface area contributed by atoms with Gasteiger partial charge in [-0.3, -0.25) is 8.97 Å². The molecule has 0 saturated carbocycles. The van der Waals surface area contributed by atoms with Crippen LogP contribution in [0.3, 0.4) is 0 Å². The first-order valence-corrected chi connectivity index (χ1v) is 14.5. The average Bonchev–Trinajstić information content (AvgIpc) is 3.73. The molecule has 4 heterocycles. The van der Waals surface area contributed by atoms with Gasteiger partial charge in [0.2, 0.25) is 0 Å². The maximum absolute atomic E-state index is 5.07. The lowest BCUT2D eigenvalue weighted by molar-refractivity contribution is 1.10. The largest absolute Gasteiger partial charge is 0.300 e. The number of fused-ring (bicyclic) bond motifs is 8. The Hall–Kier alpha value is -5.26. The zero-order valence-electron chi connectivity index (χ0n) is 21.9. The maximum atomic E-state index is 5.07. The van der Waals surface area contributed by atoms with E-state index >= 15 is 0 Å². The molecule has 0 N–H and O–H groups in total. The Kier molecular flexibility index (Phi) is 4.74. The summed E-state index contributed by atoms with van der Waals surface area (Å²) in [6.45, 7) is 0. The van der Waals surface area contributed by atoms with E-state index in [-0.39, 0.29) is 0 Å². The smallest absolute Gasteiger partial charge is 0.145 e. The van der Waals surface area contributed by atoms with Crippen LogP contribution in [-0.2, 0) is 0 Å². The van der Waals surface area contributed by atoms with Crippen molar-refractivity contribution in [1.29, 1.82) is 0 Å². The van der Waals surface area contributed by atoms with Crippen molar-refractivity contribution in [1.82, 2.24) is 18.9 Å². The molecule has 41 heavy (non-hydrogen) atoms. The summed E-state index contributed by atoms with van der Waals surface area (Å²) in [6, 6.07) is 44.9. The van der Waals surface area contributed by atoms with Gasteiger partial charge in [-0.15, -0.1) is 11.3 Å². The predicted molar refractivity (Wildman–Crippen MR) is 171 cm³/mol. The van der Waals surface area contributed by atoms with E-state index in [1.54, 1.807) is 0 Å². The van der Waals surface area contributed by atoms with Crippen molar-refractivity contribution in [2.45, 2.75) is 0 Å². The van der Waals surface area contributed by atoms with Gasteiger partial charge in [0.1, 0.15) is 17.0 Å². The van der Waals surface area contributed by atoms with Crippen LogP contribution in [0.25, 0.3) is 76.1 Å². The molecule has 0 aliphatic carbocycles. The van der Waals surface area contributed by atoms with Crippen LogP contribution in [-0.4, -0.2) is 18.9 Å². The zero-order chi connectivity index (χ0) is 26.9. The Morgan fingerprint density at radius 3 is 2.27 bits per heavy atom. The molecule has 0 atom stereocenters. The molecule has 0 fully saturated rings. The Balaban J connectivity index is 1.28. The number of aromatic nitrogens is 4. The normalized spacial score (nSPS) is 11.9. The highest BCUT2D eigenvalue weighted by molar-refractivity contribution is 7.26. The maximum Gasteiger partial charge on any atom is 0.145 e. The molecule has 0 aliphatic rings. The summed E-state index contributed by atoms with van der Waals surface area (Å²) >= 11 is 1.83. The monoisotopic (exact) mass is 542 g/mol. The minimum absolute atomic E-state index is 0.937. The van der Waals surface area contributed by atoms with Crippen LogP contribution in [0.15, 0.2) is 134 Å². The lowest BCUT2D eigenvalue weighted by Gasteiger charge is -2.11. The molecule has 0 bridgehead atoms. The van der Waals surface area contributed by atoms with E-state index in [9.17, 15) is 0 Å². The molecule has 192 valence electrons. The lowest BCUT2D eigenvalue weighted by atomic mass is 9.97. The molecule has 0 spiro atoms. The van der Waals surface area contributed by atoms with Gasteiger partial charge >= 0.3 is 0 Å². The molecule has 0 radical (unpaired) electrons. The summed E-state index contributed by atoms with van der Waals surface area (Å²) in [6.07, 6.45) is 2.10. The third-order valence-electron chi connectivity index (χ3n) is 7.96. The highest BCUT2D eigenvalue weighted by Crippen LogP contribution is 2.44. The third kappa shape index (κ3) is 3.33. The van der Waals surface area contributed by atoms with Crippen molar-refractivity contribution >= 4 is 59.2 Å². The van der Waals surface area contributed by atoms with Crippen molar-refractivity contribution in [3.63, 3.8) is 0 Å². The number of hydrogen-bond donors (Lipinski definition) is 0. The van der Waals surface area contributed by atoms with Gasteiger partial charge in [0, 0.05) is 32.9 Å². The van der Waals surface area contributed by atoms with E-state index in [4.69, 9.17) is 9.97 Å². The van der Waals surface area contributed by atoms with Crippen molar-refractivity contribution < 1.29 is 0 Å². The number of pyridine rings is 1. The van der Waals surface area contributed by atoms with Gasteiger partial charge in [-0.1, -0.05) is 78.9 Å². The molecular formula is C36H22N4S. The van der Waals surface area contributed by atoms with Gasteiger partial charge in [0.05, 0.1) is 21.3 Å². The summed E-state index contributed by atoms with van der Waals surface area (Å²) in [4.78, 5) is 10.1. The van der Waals surface area contributed by atoms with Gasteiger partial charge in [-0.25, -0.2) is 9.97 Å². The molecule has 5 aromatic carbocycles. The van der Waals surface area contributed by atoms with Crippen molar-refractivity contribution in [2.75, 3.05) is 0 Å². The van der Waals surface area contributed by atoms with Gasteiger partial charge in [-0.2, -0.15) is 0 Å². The second kappa shape index (κ2) is 8.62. The first-order valence-electron chi connectivity index (χ1n) is 13.7. The van der Waals surface area contributed by atoms with E-state index in [0.29, 0.717) is 0 Å².